The van der Waals surface area contributed by atoms with Crippen molar-refractivity contribution in [3.8, 4) is 0 Å². The van der Waals surface area contributed by atoms with Gasteiger partial charge in [0.25, 0.3) is 0 Å². The lowest BCUT2D eigenvalue weighted by atomic mass is 10.3. The van der Waals surface area contributed by atoms with E-state index in [1.807, 2.05) is 13.8 Å². The first kappa shape index (κ1) is 9.21. The molecule has 0 aliphatic heterocycles. The van der Waals surface area contributed by atoms with Crippen LogP contribution in [0.5, 0.6) is 0 Å². The zero-order valence-electron chi connectivity index (χ0n) is 6.71. The van der Waals surface area contributed by atoms with E-state index in [4.69, 9.17) is 0 Å². The van der Waals surface area contributed by atoms with E-state index in [1.54, 1.807) is 12.3 Å². The molecule has 1 atom stereocenters. The third-order valence-electron chi connectivity index (χ3n) is 1.34. The van der Waals surface area contributed by atoms with Crippen LogP contribution < -0.4 is 0 Å². The number of unbranched alkanes of at least 4 members (excludes halogenated alkanes) is 1. The molecule has 2 heteroatoms. The molecule has 0 amide bonds. The van der Waals surface area contributed by atoms with Crippen LogP contribution in [0.4, 0.5) is 0 Å². The molecule has 0 aromatic carbocycles. The summed E-state index contributed by atoms with van der Waals surface area (Å²) in [5.74, 6) is 0. The molecule has 58 valence electrons. The van der Waals surface area contributed by atoms with Crippen LogP contribution in [0.2, 0.25) is 0 Å². The fourth-order valence-electron chi connectivity index (χ4n) is 0.526. The van der Waals surface area contributed by atoms with E-state index in [2.05, 4.69) is 6.58 Å². The van der Waals surface area contributed by atoms with Crippen LogP contribution in [0.15, 0.2) is 12.7 Å². The van der Waals surface area contributed by atoms with Crippen molar-refractivity contribution in [3.63, 3.8) is 0 Å². The molecule has 0 saturated heterocycles. The summed E-state index contributed by atoms with van der Waals surface area (Å²) in [7, 11) is 0. The molecule has 1 unspecified atom stereocenters. The molecule has 0 spiro atoms. The fourth-order valence-corrected chi connectivity index (χ4v) is 0.526. The molecule has 0 aliphatic rings. The van der Waals surface area contributed by atoms with Crippen LogP contribution in [0, 0.1) is 5.21 Å². The van der Waals surface area contributed by atoms with Gasteiger partial charge in [-0.25, -0.2) is 4.74 Å². The van der Waals surface area contributed by atoms with Gasteiger partial charge in [-0.1, -0.05) is 13.5 Å². The van der Waals surface area contributed by atoms with E-state index >= 15 is 0 Å². The molecule has 2 nitrogen and oxygen atoms in total. The summed E-state index contributed by atoms with van der Waals surface area (Å²) in [5.41, 5.74) is 0. The summed E-state index contributed by atoms with van der Waals surface area (Å²) in [6.45, 7) is 7.40. The topological polar surface area (TPSA) is 26.1 Å². The summed E-state index contributed by atoms with van der Waals surface area (Å²) in [5, 5.41) is 10.9. The van der Waals surface area contributed by atoms with Crippen LogP contribution in [0.25, 0.3) is 0 Å². The van der Waals surface area contributed by atoms with Crippen LogP contribution in [0.1, 0.15) is 26.7 Å². The summed E-state index contributed by atoms with van der Waals surface area (Å²) in [4.78, 5) is 0. The highest BCUT2D eigenvalue weighted by atomic mass is 16.5. The van der Waals surface area contributed by atoms with E-state index in [0.29, 0.717) is 0 Å². The molecule has 0 saturated carbocycles. The van der Waals surface area contributed by atoms with Gasteiger partial charge in [-0.2, -0.15) is 0 Å². The van der Waals surface area contributed by atoms with Crippen LogP contribution in [0.3, 0.4) is 0 Å². The van der Waals surface area contributed by atoms with E-state index in [9.17, 15) is 5.21 Å². The van der Waals surface area contributed by atoms with Gasteiger partial charge in [0.05, 0.1) is 0 Å². The lowest BCUT2D eigenvalue weighted by Gasteiger charge is -2.06. The SMILES string of the molecule is C=CC(C)/[N+]([O-])=C/CCC. The Kier molecular flexibility index (Phi) is 4.63. The third kappa shape index (κ3) is 3.28. The Morgan fingerprint density at radius 2 is 2.30 bits per heavy atom. The smallest absolute Gasteiger partial charge is 0.178 e. The molecule has 0 aromatic heterocycles. The van der Waals surface area contributed by atoms with Crippen LogP contribution >= 0.6 is 0 Å². The second-order valence-electron chi connectivity index (χ2n) is 2.31. The Hall–Kier alpha value is -0.790. The molecule has 10 heavy (non-hydrogen) atoms. The average Bonchev–Trinajstić information content (AvgIpc) is 1.98. The van der Waals surface area contributed by atoms with Crippen molar-refractivity contribution >= 4 is 6.21 Å². The number of rotatable bonds is 4. The van der Waals surface area contributed by atoms with Crippen LogP contribution in [-0.4, -0.2) is 17.0 Å². The lowest BCUT2D eigenvalue weighted by Crippen LogP contribution is -2.15. The summed E-state index contributed by atoms with van der Waals surface area (Å²) in [6, 6.07) is -0.0912. The van der Waals surface area contributed by atoms with E-state index in [0.717, 1.165) is 17.6 Å². The quantitative estimate of drug-likeness (QED) is 0.193. The van der Waals surface area contributed by atoms with Gasteiger partial charge in [-0.15, -0.1) is 0 Å². The number of hydrogen-bond donors (Lipinski definition) is 0. The molecule has 0 aromatic rings. The molecule has 0 aliphatic carbocycles. The Labute approximate surface area is 62.5 Å². The van der Waals surface area contributed by atoms with Gasteiger partial charge < -0.3 is 5.21 Å². The molecule has 0 bridgehead atoms. The highest BCUT2D eigenvalue weighted by Gasteiger charge is 1.99. The van der Waals surface area contributed by atoms with Crippen molar-refractivity contribution in [3.05, 3.63) is 17.9 Å². The van der Waals surface area contributed by atoms with Crippen molar-refractivity contribution in [2.24, 2.45) is 0 Å². The summed E-state index contributed by atoms with van der Waals surface area (Å²) >= 11 is 0. The Bertz CT molecular complexity index is 129. The normalized spacial score (nSPS) is 14.8. The first-order chi connectivity index (χ1) is 4.72. The van der Waals surface area contributed by atoms with Gasteiger partial charge >= 0.3 is 0 Å². The van der Waals surface area contributed by atoms with Gasteiger partial charge in [0.2, 0.25) is 0 Å². The van der Waals surface area contributed by atoms with Gasteiger partial charge in [0.15, 0.2) is 12.3 Å². The minimum absolute atomic E-state index is 0.0912. The highest BCUT2D eigenvalue weighted by molar-refractivity contribution is 5.51. The molecule has 0 fully saturated rings. The third-order valence-corrected chi connectivity index (χ3v) is 1.34. The Morgan fingerprint density at radius 3 is 2.70 bits per heavy atom. The van der Waals surface area contributed by atoms with E-state index < -0.39 is 0 Å². The van der Waals surface area contributed by atoms with Crippen molar-refractivity contribution in [2.75, 3.05) is 0 Å². The van der Waals surface area contributed by atoms with E-state index in [1.165, 1.54) is 0 Å². The zero-order chi connectivity index (χ0) is 7.98. The predicted octanol–water partition coefficient (Wildman–Crippen LogP) is 1.94. The molecule has 0 radical (unpaired) electrons. The first-order valence-corrected chi connectivity index (χ1v) is 3.63. The molecule has 0 heterocycles. The second kappa shape index (κ2) is 5.03. The fraction of sp³-hybridized carbons (Fsp3) is 0.625. The van der Waals surface area contributed by atoms with Gasteiger partial charge in [-0.05, 0) is 12.5 Å². The molecule has 0 rings (SSSR count). The van der Waals surface area contributed by atoms with Crippen molar-refractivity contribution in [2.45, 2.75) is 32.7 Å². The second-order valence-corrected chi connectivity index (χ2v) is 2.31. The minimum atomic E-state index is -0.0912. The van der Waals surface area contributed by atoms with Gasteiger partial charge in [0.1, 0.15) is 0 Å². The van der Waals surface area contributed by atoms with Crippen molar-refractivity contribution < 1.29 is 4.74 Å². The molecular weight excluding hydrogens is 126 g/mol. The Morgan fingerprint density at radius 1 is 1.70 bits per heavy atom. The number of nitrogens with zero attached hydrogens (tertiary/aromatic N) is 1. The molecular formula is C8H15NO. The standard InChI is InChI=1S/C8H15NO/c1-4-6-7-9(10)8(3)5-2/h5,7-8H,2,4,6H2,1,3H3/b9-7-. The lowest BCUT2D eigenvalue weighted by molar-refractivity contribution is -0.479. The number of hydrogen-bond acceptors (Lipinski definition) is 1. The maximum atomic E-state index is 10.9. The monoisotopic (exact) mass is 141 g/mol. The van der Waals surface area contributed by atoms with Gasteiger partial charge in [-0.3, -0.25) is 0 Å². The summed E-state index contributed by atoms with van der Waals surface area (Å²) < 4.78 is 0.941. The number of hydroxylamine groups is 1. The molecule has 0 N–H and O–H groups in total. The Balaban J connectivity index is 3.78. The minimum Gasteiger partial charge on any atom is -0.624 e. The van der Waals surface area contributed by atoms with Gasteiger partial charge in [0, 0.05) is 13.3 Å². The van der Waals surface area contributed by atoms with Crippen molar-refractivity contribution in [1.29, 1.82) is 0 Å². The first-order valence-electron chi connectivity index (χ1n) is 3.63. The largest absolute Gasteiger partial charge is 0.624 e. The highest BCUT2D eigenvalue weighted by Crippen LogP contribution is 1.89. The summed E-state index contributed by atoms with van der Waals surface area (Å²) in [6.07, 6.45) is 5.16. The average molecular weight is 141 g/mol. The van der Waals surface area contributed by atoms with Crippen LogP contribution in [-0.2, 0) is 0 Å². The maximum absolute atomic E-state index is 10.9. The zero-order valence-corrected chi connectivity index (χ0v) is 6.71. The predicted molar refractivity (Wildman–Crippen MR) is 44.3 cm³/mol. The van der Waals surface area contributed by atoms with Crippen molar-refractivity contribution in [1.82, 2.24) is 0 Å². The van der Waals surface area contributed by atoms with E-state index in [-0.39, 0.29) is 6.04 Å². The maximum Gasteiger partial charge on any atom is 0.178 e.